The molecule has 1 spiro atoms. The first-order chi connectivity index (χ1) is 15.9. The Bertz CT molecular complexity index is 911. The molecule has 0 bridgehead atoms. The Morgan fingerprint density at radius 2 is 1.88 bits per heavy atom. The van der Waals surface area contributed by atoms with E-state index in [1.807, 2.05) is 18.2 Å². The quantitative estimate of drug-likeness (QED) is 0.524. The minimum absolute atomic E-state index is 0.00223. The van der Waals surface area contributed by atoms with Crippen LogP contribution in [0.25, 0.3) is 0 Å². The van der Waals surface area contributed by atoms with Crippen molar-refractivity contribution in [2.45, 2.75) is 81.4 Å². The maximum atomic E-state index is 12.3. The zero-order chi connectivity index (χ0) is 23.3. The molecule has 2 saturated heterocycles. The predicted molar refractivity (Wildman–Crippen MR) is 125 cm³/mol. The van der Waals surface area contributed by atoms with E-state index < -0.39 is 21.5 Å². The summed E-state index contributed by atoms with van der Waals surface area (Å²) in [5.41, 5.74) is 0.726. The smallest absolute Gasteiger partial charge is 0.306 e. The molecule has 2 aliphatic heterocycles. The molecule has 8 nitrogen and oxygen atoms in total. The maximum Gasteiger partial charge on any atom is 0.306 e. The second-order valence-electron chi connectivity index (χ2n) is 9.63. The first-order valence-corrected chi connectivity index (χ1v) is 13.8. The van der Waals surface area contributed by atoms with Gasteiger partial charge >= 0.3 is 5.97 Å². The van der Waals surface area contributed by atoms with Gasteiger partial charge in [0.25, 0.3) is 0 Å². The van der Waals surface area contributed by atoms with Gasteiger partial charge in [-0.15, -0.1) is 0 Å². The van der Waals surface area contributed by atoms with Gasteiger partial charge < -0.3 is 19.9 Å². The molecule has 1 aromatic rings. The van der Waals surface area contributed by atoms with Crippen molar-refractivity contribution in [1.82, 2.24) is 10.0 Å². The fraction of sp³-hybridized carbons (Fsp3) is 0.708. The second kappa shape index (κ2) is 10.7. The van der Waals surface area contributed by atoms with E-state index in [4.69, 9.17) is 14.6 Å². The average molecular weight is 481 g/mol. The number of nitrogens with one attached hydrogen (secondary N) is 2. The SMILES string of the molecule is O=C(O)CCOc1ccccc1C1CCC(OCC2NCCCC23CCCS(=O)(=O)N3)CC1. The van der Waals surface area contributed by atoms with E-state index in [2.05, 4.69) is 16.1 Å². The molecule has 2 atom stereocenters. The Morgan fingerprint density at radius 1 is 1.12 bits per heavy atom. The normalized spacial score (nSPS) is 31.8. The lowest BCUT2D eigenvalue weighted by atomic mass is 9.79. The number of sulfonamides is 1. The number of benzene rings is 1. The Balaban J connectivity index is 1.30. The Hall–Kier alpha value is -1.68. The van der Waals surface area contributed by atoms with E-state index in [0.717, 1.165) is 62.8 Å². The molecular formula is C24H36N2O6S. The Labute approximate surface area is 196 Å². The first kappa shape index (κ1) is 24.4. The van der Waals surface area contributed by atoms with Crippen LogP contribution in [0.4, 0.5) is 0 Å². The molecule has 3 N–H and O–H groups in total. The molecule has 3 aliphatic rings. The number of hydrogen-bond acceptors (Lipinski definition) is 6. The highest BCUT2D eigenvalue weighted by Crippen LogP contribution is 2.39. The molecule has 0 radical (unpaired) electrons. The van der Waals surface area contributed by atoms with Gasteiger partial charge in [0.15, 0.2) is 0 Å². The van der Waals surface area contributed by atoms with E-state index in [-0.39, 0.29) is 30.9 Å². The van der Waals surface area contributed by atoms with E-state index >= 15 is 0 Å². The van der Waals surface area contributed by atoms with Crippen LogP contribution in [-0.2, 0) is 19.6 Å². The van der Waals surface area contributed by atoms with Gasteiger partial charge in [-0.1, -0.05) is 18.2 Å². The Kier molecular flexibility index (Phi) is 7.94. The second-order valence-corrected chi connectivity index (χ2v) is 11.5. The lowest BCUT2D eigenvalue weighted by molar-refractivity contribution is -0.137. The van der Waals surface area contributed by atoms with Crippen LogP contribution in [0, 0.1) is 0 Å². The van der Waals surface area contributed by atoms with Crippen molar-refractivity contribution in [2.75, 3.05) is 25.5 Å². The summed E-state index contributed by atoms with van der Waals surface area (Å²) in [7, 11) is -3.21. The zero-order valence-corrected chi connectivity index (χ0v) is 19.9. The van der Waals surface area contributed by atoms with Gasteiger partial charge in [-0.2, -0.15) is 0 Å². The molecular weight excluding hydrogens is 444 g/mol. The first-order valence-electron chi connectivity index (χ1n) is 12.2. The van der Waals surface area contributed by atoms with Crippen molar-refractivity contribution in [2.24, 2.45) is 0 Å². The molecule has 9 heteroatoms. The van der Waals surface area contributed by atoms with Crippen LogP contribution in [-0.4, -0.2) is 62.7 Å². The molecule has 1 aromatic carbocycles. The maximum absolute atomic E-state index is 12.3. The third kappa shape index (κ3) is 6.26. The Morgan fingerprint density at radius 3 is 2.64 bits per heavy atom. The number of carbonyl (C=O) groups is 1. The lowest BCUT2D eigenvalue weighted by Gasteiger charge is -2.47. The minimum atomic E-state index is -3.21. The largest absolute Gasteiger partial charge is 0.493 e. The molecule has 4 rings (SSSR count). The summed E-state index contributed by atoms with van der Waals surface area (Å²) in [6.07, 6.45) is 7.41. The van der Waals surface area contributed by atoms with Crippen LogP contribution < -0.4 is 14.8 Å². The van der Waals surface area contributed by atoms with Crippen molar-refractivity contribution in [3.05, 3.63) is 29.8 Å². The summed E-state index contributed by atoms with van der Waals surface area (Å²) < 4.78 is 39.6. The summed E-state index contributed by atoms with van der Waals surface area (Å²) >= 11 is 0. The van der Waals surface area contributed by atoms with Gasteiger partial charge in [-0.25, -0.2) is 13.1 Å². The standard InChI is InChI=1S/C24H36N2O6S/c27-23(28)11-15-31-21-6-2-1-5-20(21)18-7-9-19(10-8-18)32-17-22-24(12-3-14-25-22)13-4-16-33(29,30)26-24/h1-2,5-6,18-19,22,25-26H,3-4,7-17H2,(H,27,28). The third-order valence-electron chi connectivity index (χ3n) is 7.36. The van der Waals surface area contributed by atoms with Crippen LogP contribution in [0.1, 0.15) is 69.3 Å². The fourth-order valence-electron chi connectivity index (χ4n) is 5.65. The van der Waals surface area contributed by atoms with Gasteiger partial charge in [0.2, 0.25) is 10.0 Å². The predicted octanol–water partition coefficient (Wildman–Crippen LogP) is 2.79. The summed E-state index contributed by atoms with van der Waals surface area (Å²) in [5, 5.41) is 12.4. The van der Waals surface area contributed by atoms with Crippen LogP contribution >= 0.6 is 0 Å². The monoisotopic (exact) mass is 480 g/mol. The number of piperidine rings is 1. The number of hydrogen-bond donors (Lipinski definition) is 3. The van der Waals surface area contributed by atoms with E-state index in [0.29, 0.717) is 18.9 Å². The minimum Gasteiger partial charge on any atom is -0.493 e. The van der Waals surface area contributed by atoms with Crippen LogP contribution in [0.2, 0.25) is 0 Å². The van der Waals surface area contributed by atoms with Crippen LogP contribution in [0.3, 0.4) is 0 Å². The summed E-state index contributed by atoms with van der Waals surface area (Å²) in [4.78, 5) is 10.8. The molecule has 2 heterocycles. The average Bonchev–Trinajstić information content (AvgIpc) is 2.78. The number of carboxylic acids is 1. The fourth-order valence-corrected chi connectivity index (χ4v) is 7.24. The molecule has 1 aliphatic carbocycles. The highest BCUT2D eigenvalue weighted by atomic mass is 32.2. The summed E-state index contributed by atoms with van der Waals surface area (Å²) in [6, 6.07) is 7.91. The number of ether oxygens (including phenoxy) is 2. The number of rotatable bonds is 8. The van der Waals surface area contributed by atoms with Crippen molar-refractivity contribution in [1.29, 1.82) is 0 Å². The number of aliphatic carboxylic acids is 1. The van der Waals surface area contributed by atoms with Gasteiger partial charge in [0.1, 0.15) is 5.75 Å². The molecule has 1 saturated carbocycles. The summed E-state index contributed by atoms with van der Waals surface area (Å²) in [5.74, 6) is 0.505. The molecule has 3 fully saturated rings. The van der Waals surface area contributed by atoms with E-state index in [9.17, 15) is 13.2 Å². The highest BCUT2D eigenvalue weighted by Gasteiger charge is 2.46. The molecule has 184 valence electrons. The molecule has 2 unspecified atom stereocenters. The van der Waals surface area contributed by atoms with Crippen molar-refractivity contribution >= 4 is 16.0 Å². The van der Waals surface area contributed by atoms with Gasteiger partial charge in [-0.3, -0.25) is 4.79 Å². The zero-order valence-electron chi connectivity index (χ0n) is 19.1. The van der Waals surface area contributed by atoms with Crippen LogP contribution in [0.5, 0.6) is 5.75 Å². The topological polar surface area (TPSA) is 114 Å². The number of para-hydroxylation sites is 1. The van der Waals surface area contributed by atoms with Crippen molar-refractivity contribution in [3.8, 4) is 5.75 Å². The van der Waals surface area contributed by atoms with Crippen molar-refractivity contribution in [3.63, 3.8) is 0 Å². The van der Waals surface area contributed by atoms with Gasteiger partial charge in [-0.05, 0) is 75.5 Å². The highest BCUT2D eigenvalue weighted by molar-refractivity contribution is 7.89. The number of carboxylic acid groups (broad SMARTS) is 1. The van der Waals surface area contributed by atoms with E-state index in [1.165, 1.54) is 0 Å². The lowest BCUT2D eigenvalue weighted by Crippen LogP contribution is -2.67. The van der Waals surface area contributed by atoms with Crippen molar-refractivity contribution < 1.29 is 27.8 Å². The molecule has 33 heavy (non-hydrogen) atoms. The third-order valence-corrected chi connectivity index (χ3v) is 8.90. The molecule has 0 aromatic heterocycles. The summed E-state index contributed by atoms with van der Waals surface area (Å²) in [6.45, 7) is 1.58. The van der Waals surface area contributed by atoms with Gasteiger partial charge in [0, 0.05) is 6.04 Å². The van der Waals surface area contributed by atoms with Gasteiger partial charge in [0.05, 0.1) is 37.0 Å². The van der Waals surface area contributed by atoms with Crippen LogP contribution in [0.15, 0.2) is 24.3 Å². The molecule has 0 amide bonds. The van der Waals surface area contributed by atoms with E-state index in [1.54, 1.807) is 0 Å².